The van der Waals surface area contributed by atoms with Crippen molar-refractivity contribution in [1.29, 1.82) is 0 Å². The van der Waals surface area contributed by atoms with Crippen LogP contribution < -0.4 is 0 Å². The molecule has 4 aromatic rings. The molecule has 146 valence electrons. The molecule has 0 radical (unpaired) electrons. The zero-order chi connectivity index (χ0) is 20.0. The number of aromatic nitrogens is 2. The van der Waals surface area contributed by atoms with Crippen LogP contribution in [0.5, 0.6) is 5.75 Å². The summed E-state index contributed by atoms with van der Waals surface area (Å²) >= 11 is 0. The molecule has 0 saturated heterocycles. The van der Waals surface area contributed by atoms with Gasteiger partial charge in [0.15, 0.2) is 0 Å². The van der Waals surface area contributed by atoms with E-state index in [1.54, 1.807) is 6.07 Å². The molecule has 1 aliphatic carbocycles. The summed E-state index contributed by atoms with van der Waals surface area (Å²) in [4.78, 5) is 0. The lowest BCUT2D eigenvalue weighted by molar-refractivity contribution is 0.475. The predicted octanol–water partition coefficient (Wildman–Crippen LogP) is 6.81. The molecule has 1 aliphatic rings. The summed E-state index contributed by atoms with van der Waals surface area (Å²) in [5.74, 6) is 0.298. The molecule has 0 unspecified atom stereocenters. The average molecular weight is 383 g/mol. The van der Waals surface area contributed by atoms with Crippen molar-refractivity contribution in [2.45, 2.75) is 45.6 Å². The van der Waals surface area contributed by atoms with Crippen molar-refractivity contribution in [3.05, 3.63) is 71.8 Å². The summed E-state index contributed by atoms with van der Waals surface area (Å²) in [6, 6.07) is 21.2. The van der Waals surface area contributed by atoms with Gasteiger partial charge in [0.2, 0.25) is 0 Å². The SMILES string of the molecule is Cc1cc(O)ccc1-c1nn(C2CCCC2)c2c(-c3ccccc3C)cccc12. The summed E-state index contributed by atoms with van der Waals surface area (Å²) in [6.45, 7) is 4.22. The molecule has 0 amide bonds. The molecule has 0 aliphatic heterocycles. The van der Waals surface area contributed by atoms with E-state index in [1.807, 2.05) is 19.1 Å². The second-order valence-electron chi connectivity index (χ2n) is 8.25. The van der Waals surface area contributed by atoms with E-state index in [1.165, 1.54) is 53.3 Å². The lowest BCUT2D eigenvalue weighted by Crippen LogP contribution is -2.07. The Morgan fingerprint density at radius 1 is 0.828 bits per heavy atom. The molecule has 1 fully saturated rings. The lowest BCUT2D eigenvalue weighted by Gasteiger charge is -2.15. The van der Waals surface area contributed by atoms with Crippen LogP contribution in [0.2, 0.25) is 0 Å². The first-order chi connectivity index (χ1) is 14.1. The van der Waals surface area contributed by atoms with Crippen LogP contribution in [0.3, 0.4) is 0 Å². The average Bonchev–Trinajstić information content (AvgIpc) is 3.36. The molecule has 1 N–H and O–H groups in total. The largest absolute Gasteiger partial charge is 0.508 e. The quantitative estimate of drug-likeness (QED) is 0.423. The normalized spacial score (nSPS) is 14.7. The first kappa shape index (κ1) is 18.0. The Morgan fingerprint density at radius 3 is 2.34 bits per heavy atom. The number of hydrogen-bond donors (Lipinski definition) is 1. The van der Waals surface area contributed by atoms with Gasteiger partial charge in [-0.1, -0.05) is 55.3 Å². The summed E-state index contributed by atoms with van der Waals surface area (Å²) in [5.41, 5.74) is 8.18. The Kier molecular flexibility index (Phi) is 4.39. The van der Waals surface area contributed by atoms with Crippen molar-refractivity contribution in [3.63, 3.8) is 0 Å². The minimum absolute atomic E-state index is 0.298. The fourth-order valence-electron chi connectivity index (χ4n) is 4.81. The van der Waals surface area contributed by atoms with E-state index in [0.29, 0.717) is 11.8 Å². The van der Waals surface area contributed by atoms with Crippen molar-refractivity contribution in [2.24, 2.45) is 0 Å². The minimum Gasteiger partial charge on any atom is -0.508 e. The van der Waals surface area contributed by atoms with E-state index >= 15 is 0 Å². The van der Waals surface area contributed by atoms with Gasteiger partial charge in [0, 0.05) is 16.5 Å². The molecule has 0 atom stereocenters. The van der Waals surface area contributed by atoms with E-state index in [9.17, 15) is 5.11 Å². The van der Waals surface area contributed by atoms with Crippen molar-refractivity contribution in [1.82, 2.24) is 9.78 Å². The Bertz CT molecular complexity index is 1200. The monoisotopic (exact) mass is 382 g/mol. The van der Waals surface area contributed by atoms with Crippen LogP contribution in [-0.2, 0) is 0 Å². The third kappa shape index (κ3) is 3.02. The van der Waals surface area contributed by atoms with Gasteiger partial charge in [-0.15, -0.1) is 0 Å². The molecule has 3 heteroatoms. The number of fused-ring (bicyclic) bond motifs is 1. The number of rotatable bonds is 3. The molecule has 3 aromatic carbocycles. The number of benzene rings is 3. The Morgan fingerprint density at radius 2 is 1.59 bits per heavy atom. The number of nitrogens with zero attached hydrogens (tertiary/aromatic N) is 2. The van der Waals surface area contributed by atoms with Gasteiger partial charge in [0.1, 0.15) is 11.4 Å². The van der Waals surface area contributed by atoms with Crippen LogP contribution >= 0.6 is 0 Å². The maximum absolute atomic E-state index is 9.87. The van der Waals surface area contributed by atoms with Crippen LogP contribution in [0.1, 0.15) is 42.9 Å². The van der Waals surface area contributed by atoms with Gasteiger partial charge in [-0.3, -0.25) is 4.68 Å². The van der Waals surface area contributed by atoms with E-state index in [4.69, 9.17) is 5.10 Å². The van der Waals surface area contributed by atoms with Gasteiger partial charge >= 0.3 is 0 Å². The van der Waals surface area contributed by atoms with Crippen molar-refractivity contribution < 1.29 is 5.11 Å². The van der Waals surface area contributed by atoms with E-state index in [-0.39, 0.29) is 0 Å². The second kappa shape index (κ2) is 7.07. The second-order valence-corrected chi connectivity index (χ2v) is 8.25. The fraction of sp³-hybridized carbons (Fsp3) is 0.269. The van der Waals surface area contributed by atoms with Crippen LogP contribution in [-0.4, -0.2) is 14.9 Å². The van der Waals surface area contributed by atoms with Crippen molar-refractivity contribution in [2.75, 3.05) is 0 Å². The van der Waals surface area contributed by atoms with Gasteiger partial charge < -0.3 is 5.11 Å². The molecule has 3 nitrogen and oxygen atoms in total. The lowest BCUT2D eigenvalue weighted by atomic mass is 9.96. The Balaban J connectivity index is 1.83. The predicted molar refractivity (Wildman–Crippen MR) is 119 cm³/mol. The summed E-state index contributed by atoms with van der Waals surface area (Å²) in [5, 5.41) is 16.2. The van der Waals surface area contributed by atoms with Crippen LogP contribution in [0.4, 0.5) is 0 Å². The molecule has 1 heterocycles. The number of hydrogen-bond acceptors (Lipinski definition) is 2. The van der Waals surface area contributed by atoms with Crippen molar-refractivity contribution >= 4 is 10.9 Å². The molecule has 29 heavy (non-hydrogen) atoms. The first-order valence-corrected chi connectivity index (χ1v) is 10.5. The van der Waals surface area contributed by atoms with E-state index in [0.717, 1.165) is 16.8 Å². The topological polar surface area (TPSA) is 38.1 Å². The van der Waals surface area contributed by atoms with E-state index < -0.39 is 0 Å². The van der Waals surface area contributed by atoms with Crippen LogP contribution in [0, 0.1) is 13.8 Å². The Labute approximate surface area is 171 Å². The fourth-order valence-corrected chi connectivity index (χ4v) is 4.81. The van der Waals surface area contributed by atoms with Crippen molar-refractivity contribution in [3.8, 4) is 28.1 Å². The van der Waals surface area contributed by atoms with Crippen LogP contribution in [0.15, 0.2) is 60.7 Å². The number of aromatic hydroxyl groups is 1. The molecule has 1 aromatic heterocycles. The zero-order valence-corrected chi connectivity index (χ0v) is 17.0. The smallest absolute Gasteiger partial charge is 0.115 e. The van der Waals surface area contributed by atoms with Gasteiger partial charge in [0.05, 0.1) is 11.6 Å². The molecule has 0 spiro atoms. The third-order valence-corrected chi connectivity index (χ3v) is 6.30. The van der Waals surface area contributed by atoms with Gasteiger partial charge in [-0.25, -0.2) is 0 Å². The maximum atomic E-state index is 9.87. The van der Waals surface area contributed by atoms with Gasteiger partial charge in [0.25, 0.3) is 0 Å². The molecule has 5 rings (SSSR count). The highest BCUT2D eigenvalue weighted by Crippen LogP contribution is 2.41. The number of aryl methyl sites for hydroxylation is 2. The third-order valence-electron chi connectivity index (χ3n) is 6.30. The van der Waals surface area contributed by atoms with E-state index in [2.05, 4.69) is 54.1 Å². The zero-order valence-electron chi connectivity index (χ0n) is 17.0. The first-order valence-electron chi connectivity index (χ1n) is 10.5. The minimum atomic E-state index is 0.298. The molecular formula is C26H26N2O. The highest BCUT2D eigenvalue weighted by Gasteiger charge is 2.25. The van der Waals surface area contributed by atoms with Crippen LogP contribution in [0.25, 0.3) is 33.3 Å². The highest BCUT2D eigenvalue weighted by atomic mass is 16.3. The summed E-state index contributed by atoms with van der Waals surface area (Å²) < 4.78 is 2.30. The number of phenols is 1. The number of phenolic OH excluding ortho intramolecular Hbond substituents is 1. The highest BCUT2D eigenvalue weighted by molar-refractivity contribution is 6.02. The maximum Gasteiger partial charge on any atom is 0.115 e. The molecular weight excluding hydrogens is 356 g/mol. The standard InChI is InChI=1S/C26H26N2O/c1-17-8-3-6-11-21(17)23-12-7-13-24-25(22-15-14-20(29)16-18(22)2)27-28(26(23)24)19-9-4-5-10-19/h3,6-8,11-16,19,29H,4-5,9-10H2,1-2H3. The van der Waals surface area contributed by atoms with Gasteiger partial charge in [-0.05, 0) is 61.6 Å². The summed E-state index contributed by atoms with van der Waals surface area (Å²) in [6.07, 6.45) is 4.91. The Hall–Kier alpha value is -3.07. The molecule has 1 saturated carbocycles. The summed E-state index contributed by atoms with van der Waals surface area (Å²) in [7, 11) is 0. The van der Waals surface area contributed by atoms with Gasteiger partial charge in [-0.2, -0.15) is 5.10 Å². The number of para-hydroxylation sites is 1. The molecule has 0 bridgehead atoms.